The van der Waals surface area contributed by atoms with E-state index in [0.29, 0.717) is 0 Å². The summed E-state index contributed by atoms with van der Waals surface area (Å²) >= 11 is 0. The molecule has 18 heavy (non-hydrogen) atoms. The van der Waals surface area contributed by atoms with Gasteiger partial charge in [0.15, 0.2) is 5.69 Å². The number of ether oxygens (including phenoxy) is 2. The Bertz CT molecular complexity index is 523. The summed E-state index contributed by atoms with van der Waals surface area (Å²) in [6, 6.07) is -0.845. The lowest BCUT2D eigenvalue weighted by Gasteiger charge is -2.21. The molecule has 1 amide bonds. The first-order chi connectivity index (χ1) is 8.58. The van der Waals surface area contributed by atoms with Crippen LogP contribution in [0.5, 0.6) is 0 Å². The minimum atomic E-state index is -0.845. The van der Waals surface area contributed by atoms with Crippen molar-refractivity contribution in [3.05, 3.63) is 11.4 Å². The van der Waals surface area contributed by atoms with Gasteiger partial charge < -0.3 is 14.8 Å². The zero-order chi connectivity index (χ0) is 13.3. The summed E-state index contributed by atoms with van der Waals surface area (Å²) < 4.78 is 10.2. The molecular weight excluding hydrogens is 244 g/mol. The number of methoxy groups -OCH3 is 2. The highest BCUT2D eigenvalue weighted by molar-refractivity contribution is 6.04. The fourth-order valence-corrected chi connectivity index (χ4v) is 1.62. The molecule has 0 saturated heterocycles. The molecule has 0 unspecified atom stereocenters. The molecule has 9 nitrogen and oxygen atoms in total. The third kappa shape index (κ3) is 1.79. The van der Waals surface area contributed by atoms with Gasteiger partial charge in [-0.1, -0.05) is 5.21 Å². The molecule has 1 aromatic rings. The number of carbonyl (C=O) groups excluding carboxylic acids is 3. The van der Waals surface area contributed by atoms with Crippen LogP contribution in [0.15, 0.2) is 0 Å². The fraction of sp³-hybridized carbons (Fsp3) is 0.444. The molecule has 0 aromatic carbocycles. The molecule has 0 bridgehead atoms. The van der Waals surface area contributed by atoms with E-state index in [1.54, 1.807) is 0 Å². The van der Waals surface area contributed by atoms with Crippen molar-refractivity contribution in [3.8, 4) is 0 Å². The predicted molar refractivity (Wildman–Crippen MR) is 54.6 cm³/mol. The van der Waals surface area contributed by atoms with Crippen LogP contribution in [0.1, 0.15) is 21.0 Å². The first-order valence-corrected chi connectivity index (χ1v) is 4.99. The number of nitrogens with zero attached hydrogens (tertiary/aromatic N) is 3. The molecule has 0 radical (unpaired) electrons. The quantitative estimate of drug-likeness (QED) is 0.629. The SMILES string of the molecule is COC(=O)c1nnn2c1C(=O)N[C@@H](C(=O)OC)C2. The van der Waals surface area contributed by atoms with E-state index >= 15 is 0 Å². The van der Waals surface area contributed by atoms with E-state index in [2.05, 4.69) is 25.1 Å². The zero-order valence-corrected chi connectivity index (χ0v) is 9.67. The molecule has 1 aliphatic heterocycles. The number of amides is 1. The first-order valence-electron chi connectivity index (χ1n) is 4.99. The largest absolute Gasteiger partial charge is 0.467 e. The van der Waals surface area contributed by atoms with Gasteiger partial charge in [-0.3, -0.25) is 4.79 Å². The van der Waals surface area contributed by atoms with Crippen LogP contribution in [0.25, 0.3) is 0 Å². The standard InChI is InChI=1S/C9H10N4O5/c1-17-8(15)4-3-13-6(7(14)10-4)5(11-12-13)9(16)18-2/h4H,3H2,1-2H3,(H,10,14)/t4-/m1/s1. The summed E-state index contributed by atoms with van der Waals surface area (Å²) in [4.78, 5) is 34.5. The molecule has 0 fully saturated rings. The van der Waals surface area contributed by atoms with Crippen LogP contribution in [0, 0.1) is 0 Å². The average Bonchev–Trinajstić information content (AvgIpc) is 2.81. The van der Waals surface area contributed by atoms with Crippen molar-refractivity contribution in [2.75, 3.05) is 14.2 Å². The van der Waals surface area contributed by atoms with E-state index in [1.165, 1.54) is 18.9 Å². The molecule has 2 heterocycles. The second kappa shape index (κ2) is 4.43. The summed E-state index contributed by atoms with van der Waals surface area (Å²) in [7, 11) is 2.39. The third-order valence-electron chi connectivity index (χ3n) is 2.48. The molecule has 1 aromatic heterocycles. The Morgan fingerprint density at radius 2 is 2.11 bits per heavy atom. The minimum absolute atomic E-state index is 0.0259. The van der Waals surface area contributed by atoms with Gasteiger partial charge in [-0.15, -0.1) is 5.10 Å². The van der Waals surface area contributed by atoms with Crippen molar-refractivity contribution in [2.24, 2.45) is 0 Å². The van der Waals surface area contributed by atoms with Gasteiger partial charge in [0, 0.05) is 0 Å². The van der Waals surface area contributed by atoms with Crippen molar-refractivity contribution >= 4 is 17.8 Å². The van der Waals surface area contributed by atoms with Gasteiger partial charge in [-0.2, -0.15) is 0 Å². The average molecular weight is 254 g/mol. The van der Waals surface area contributed by atoms with Crippen LogP contribution >= 0.6 is 0 Å². The molecule has 0 spiro atoms. The number of rotatable bonds is 2. The lowest BCUT2D eigenvalue weighted by Crippen LogP contribution is -2.49. The molecule has 1 N–H and O–H groups in total. The molecule has 2 rings (SSSR count). The zero-order valence-electron chi connectivity index (χ0n) is 9.67. The monoisotopic (exact) mass is 254 g/mol. The maximum atomic E-state index is 11.8. The van der Waals surface area contributed by atoms with E-state index in [9.17, 15) is 14.4 Å². The summed E-state index contributed by atoms with van der Waals surface area (Å²) in [6.07, 6.45) is 0. The number of hydrogen-bond acceptors (Lipinski definition) is 7. The van der Waals surface area contributed by atoms with Gasteiger partial charge >= 0.3 is 11.9 Å². The van der Waals surface area contributed by atoms with Gasteiger partial charge in [-0.05, 0) is 0 Å². The van der Waals surface area contributed by atoms with Crippen LogP contribution in [0.4, 0.5) is 0 Å². The second-order valence-electron chi connectivity index (χ2n) is 3.51. The minimum Gasteiger partial charge on any atom is -0.467 e. The van der Waals surface area contributed by atoms with Crippen molar-refractivity contribution in [1.82, 2.24) is 20.3 Å². The van der Waals surface area contributed by atoms with Crippen LogP contribution < -0.4 is 5.32 Å². The molecular formula is C9H10N4O5. The normalized spacial score (nSPS) is 17.7. The van der Waals surface area contributed by atoms with Crippen molar-refractivity contribution in [2.45, 2.75) is 12.6 Å². The summed E-state index contributed by atoms with van der Waals surface area (Å²) in [5.41, 5.74) is -0.208. The van der Waals surface area contributed by atoms with E-state index in [4.69, 9.17) is 0 Å². The van der Waals surface area contributed by atoms with Crippen LogP contribution in [-0.4, -0.2) is 53.1 Å². The Balaban J connectivity index is 2.35. The number of nitrogens with one attached hydrogen (secondary N) is 1. The highest BCUT2D eigenvalue weighted by Gasteiger charge is 2.35. The number of fused-ring (bicyclic) bond motifs is 1. The highest BCUT2D eigenvalue weighted by atomic mass is 16.5. The molecule has 0 saturated carbocycles. The maximum Gasteiger partial charge on any atom is 0.361 e. The van der Waals surface area contributed by atoms with Crippen molar-refractivity contribution in [1.29, 1.82) is 0 Å². The van der Waals surface area contributed by atoms with Crippen LogP contribution in [0.2, 0.25) is 0 Å². The molecule has 1 aliphatic rings. The van der Waals surface area contributed by atoms with Gasteiger partial charge in [0.1, 0.15) is 6.04 Å². The van der Waals surface area contributed by atoms with E-state index in [1.807, 2.05) is 0 Å². The molecule has 96 valence electrons. The first kappa shape index (κ1) is 12.0. The Labute approximate surface area is 101 Å². The second-order valence-corrected chi connectivity index (χ2v) is 3.51. The Hall–Kier alpha value is -2.45. The molecule has 0 aliphatic carbocycles. The van der Waals surface area contributed by atoms with Crippen molar-refractivity contribution < 1.29 is 23.9 Å². The molecule has 9 heteroatoms. The molecule has 1 atom stereocenters. The van der Waals surface area contributed by atoms with E-state index < -0.39 is 23.9 Å². The maximum absolute atomic E-state index is 11.8. The topological polar surface area (TPSA) is 112 Å². The van der Waals surface area contributed by atoms with Crippen LogP contribution in [0.3, 0.4) is 0 Å². The summed E-state index contributed by atoms with van der Waals surface area (Å²) in [6.45, 7) is 0.0533. The van der Waals surface area contributed by atoms with Gasteiger partial charge in [0.05, 0.1) is 20.8 Å². The summed E-state index contributed by atoms with van der Waals surface area (Å²) in [5, 5.41) is 9.61. The van der Waals surface area contributed by atoms with Crippen LogP contribution in [-0.2, 0) is 20.8 Å². The smallest absolute Gasteiger partial charge is 0.361 e. The van der Waals surface area contributed by atoms with Gasteiger partial charge in [0.25, 0.3) is 5.91 Å². The van der Waals surface area contributed by atoms with Gasteiger partial charge in [0.2, 0.25) is 5.69 Å². The Morgan fingerprint density at radius 1 is 1.39 bits per heavy atom. The summed E-state index contributed by atoms with van der Waals surface area (Å²) in [5.74, 6) is -1.98. The van der Waals surface area contributed by atoms with Crippen molar-refractivity contribution in [3.63, 3.8) is 0 Å². The Kier molecular flexibility index (Phi) is 2.96. The van der Waals surface area contributed by atoms with E-state index in [0.717, 1.165) is 0 Å². The number of esters is 2. The lowest BCUT2D eigenvalue weighted by molar-refractivity contribution is -0.143. The number of hydrogen-bond donors (Lipinski definition) is 1. The lowest BCUT2D eigenvalue weighted by atomic mass is 10.2. The predicted octanol–water partition coefficient (Wildman–Crippen LogP) is -1.65. The van der Waals surface area contributed by atoms with E-state index in [-0.39, 0.29) is 17.9 Å². The number of aromatic nitrogens is 3. The highest BCUT2D eigenvalue weighted by Crippen LogP contribution is 2.13. The third-order valence-corrected chi connectivity index (χ3v) is 2.48. The Morgan fingerprint density at radius 3 is 2.72 bits per heavy atom. The fourth-order valence-electron chi connectivity index (χ4n) is 1.62. The number of carbonyl (C=O) groups is 3. The van der Waals surface area contributed by atoms with Gasteiger partial charge in [-0.25, -0.2) is 14.3 Å².